The van der Waals surface area contributed by atoms with Crippen molar-refractivity contribution in [1.29, 1.82) is 0 Å². The van der Waals surface area contributed by atoms with Crippen LogP contribution in [0.5, 0.6) is 11.5 Å². The molecule has 0 amide bonds. The Kier molecular flexibility index (Phi) is 6.67. The summed E-state index contributed by atoms with van der Waals surface area (Å²) in [6.07, 6.45) is 2.56. The molecule has 2 aromatic carbocycles. The van der Waals surface area contributed by atoms with Crippen LogP contribution in [0.2, 0.25) is 0 Å². The second kappa shape index (κ2) is 9.05. The highest BCUT2D eigenvalue weighted by Gasteiger charge is 2.37. The average molecular weight is 407 g/mol. The number of phenols is 2. The summed E-state index contributed by atoms with van der Waals surface area (Å²) in [6, 6.07) is 14.3. The van der Waals surface area contributed by atoms with E-state index in [2.05, 4.69) is 38.2 Å². The lowest BCUT2D eigenvalue weighted by Gasteiger charge is -2.32. The quantitative estimate of drug-likeness (QED) is 0.509. The van der Waals surface area contributed by atoms with E-state index in [-0.39, 0.29) is 16.9 Å². The first-order valence-electron chi connectivity index (χ1n) is 11.0. The van der Waals surface area contributed by atoms with Crippen LogP contribution in [-0.4, -0.2) is 27.8 Å². The van der Waals surface area contributed by atoms with E-state index in [4.69, 9.17) is 4.98 Å². The minimum atomic E-state index is -0.373. The van der Waals surface area contributed by atoms with Gasteiger partial charge in [-0.3, -0.25) is 4.98 Å². The van der Waals surface area contributed by atoms with Gasteiger partial charge in [-0.05, 0) is 49.1 Å². The molecule has 3 aromatic rings. The van der Waals surface area contributed by atoms with Crippen molar-refractivity contribution in [2.45, 2.75) is 65.3 Å². The SMILES string of the molecule is CC.CCC1Cc2ccc(O)c(O)c2C(C)(Cc2nc3ccccc3cc2C)CN1. The zero-order chi connectivity index (χ0) is 21.9. The molecule has 0 fully saturated rings. The molecule has 0 spiro atoms. The molecule has 2 atom stereocenters. The Morgan fingerprint density at radius 1 is 1.13 bits per heavy atom. The minimum absolute atomic E-state index is 0.0111. The lowest BCUT2D eigenvalue weighted by Crippen LogP contribution is -2.40. The summed E-state index contributed by atoms with van der Waals surface area (Å²) in [7, 11) is 0. The number of benzene rings is 2. The van der Waals surface area contributed by atoms with Gasteiger partial charge < -0.3 is 15.5 Å². The van der Waals surface area contributed by atoms with Crippen LogP contribution >= 0.6 is 0 Å². The summed E-state index contributed by atoms with van der Waals surface area (Å²) in [5.41, 5.74) is 4.75. The number of rotatable bonds is 3. The maximum atomic E-state index is 10.8. The number of aromatic hydroxyl groups is 2. The molecule has 0 saturated heterocycles. The predicted molar refractivity (Wildman–Crippen MR) is 124 cm³/mol. The standard InChI is InChI=1S/C24H28N2O2.C2H6/c1-4-18-12-17-9-10-21(27)23(28)22(17)24(3,14-25-18)13-20-15(2)11-16-7-5-6-8-19(16)26-20;1-2/h5-11,18,25,27-28H,4,12-14H2,1-3H3;1-2H3. The van der Waals surface area contributed by atoms with Gasteiger partial charge in [-0.2, -0.15) is 0 Å². The Labute approximate surface area is 180 Å². The van der Waals surface area contributed by atoms with E-state index in [1.54, 1.807) is 6.07 Å². The van der Waals surface area contributed by atoms with Gasteiger partial charge in [-0.1, -0.05) is 52.0 Å². The third kappa shape index (κ3) is 4.15. The van der Waals surface area contributed by atoms with Crippen molar-refractivity contribution in [2.24, 2.45) is 0 Å². The highest BCUT2D eigenvalue weighted by molar-refractivity contribution is 5.79. The van der Waals surface area contributed by atoms with Crippen molar-refractivity contribution in [3.05, 3.63) is 64.8 Å². The Balaban J connectivity index is 0.00000124. The monoisotopic (exact) mass is 406 g/mol. The van der Waals surface area contributed by atoms with Gasteiger partial charge >= 0.3 is 0 Å². The number of nitrogens with one attached hydrogen (secondary N) is 1. The minimum Gasteiger partial charge on any atom is -0.504 e. The van der Waals surface area contributed by atoms with Gasteiger partial charge in [0.25, 0.3) is 0 Å². The first kappa shape index (κ1) is 22.1. The predicted octanol–water partition coefficient (Wildman–Crippen LogP) is 5.41. The van der Waals surface area contributed by atoms with E-state index in [0.29, 0.717) is 12.5 Å². The van der Waals surface area contributed by atoms with Crippen LogP contribution in [0.25, 0.3) is 10.9 Å². The highest BCUT2D eigenvalue weighted by Crippen LogP contribution is 2.43. The Morgan fingerprint density at radius 2 is 1.87 bits per heavy atom. The van der Waals surface area contributed by atoms with E-state index in [9.17, 15) is 10.2 Å². The molecule has 4 heteroatoms. The second-order valence-corrected chi connectivity index (χ2v) is 8.34. The lowest BCUT2D eigenvalue weighted by atomic mass is 9.75. The number of para-hydroxylation sites is 1. The van der Waals surface area contributed by atoms with Crippen molar-refractivity contribution >= 4 is 10.9 Å². The zero-order valence-corrected chi connectivity index (χ0v) is 18.8. The van der Waals surface area contributed by atoms with Gasteiger partial charge in [0.05, 0.1) is 5.52 Å². The molecule has 0 saturated carbocycles. The summed E-state index contributed by atoms with van der Waals surface area (Å²) in [6.45, 7) is 11.2. The third-order valence-corrected chi connectivity index (χ3v) is 6.16. The fourth-order valence-electron chi connectivity index (χ4n) is 4.51. The summed E-state index contributed by atoms with van der Waals surface area (Å²) >= 11 is 0. The van der Waals surface area contributed by atoms with Crippen LogP contribution in [0.1, 0.15) is 56.5 Å². The van der Waals surface area contributed by atoms with Crippen molar-refractivity contribution in [2.75, 3.05) is 6.54 Å². The molecule has 0 radical (unpaired) electrons. The van der Waals surface area contributed by atoms with Crippen LogP contribution < -0.4 is 5.32 Å². The molecule has 4 nitrogen and oxygen atoms in total. The first-order valence-corrected chi connectivity index (χ1v) is 11.0. The Morgan fingerprint density at radius 3 is 2.60 bits per heavy atom. The van der Waals surface area contributed by atoms with Crippen molar-refractivity contribution in [3.63, 3.8) is 0 Å². The summed E-state index contributed by atoms with van der Waals surface area (Å²) in [5, 5.41) is 25.8. The molecule has 3 N–H and O–H groups in total. The number of aromatic nitrogens is 1. The molecule has 160 valence electrons. The number of phenolic OH excluding ortho intramolecular Hbond substituents is 2. The van der Waals surface area contributed by atoms with Gasteiger partial charge in [0.1, 0.15) is 0 Å². The molecule has 1 aliphatic heterocycles. The molecular weight excluding hydrogens is 372 g/mol. The first-order chi connectivity index (χ1) is 14.4. The van der Waals surface area contributed by atoms with Crippen LogP contribution in [0.15, 0.2) is 42.5 Å². The number of hydrogen-bond acceptors (Lipinski definition) is 4. The molecular formula is C26H34N2O2. The van der Waals surface area contributed by atoms with Gasteiger partial charge in [-0.25, -0.2) is 0 Å². The second-order valence-electron chi connectivity index (χ2n) is 8.34. The summed E-state index contributed by atoms with van der Waals surface area (Å²) < 4.78 is 0. The molecule has 4 rings (SSSR count). The number of aryl methyl sites for hydroxylation is 1. The van der Waals surface area contributed by atoms with E-state index >= 15 is 0 Å². The fraction of sp³-hybridized carbons (Fsp3) is 0.423. The maximum Gasteiger partial charge on any atom is 0.161 e. The smallest absolute Gasteiger partial charge is 0.161 e. The highest BCUT2D eigenvalue weighted by atomic mass is 16.3. The maximum absolute atomic E-state index is 10.8. The Hall–Kier alpha value is -2.59. The molecule has 30 heavy (non-hydrogen) atoms. The number of fused-ring (bicyclic) bond motifs is 2. The largest absolute Gasteiger partial charge is 0.504 e. The topological polar surface area (TPSA) is 65.4 Å². The van der Waals surface area contributed by atoms with Crippen LogP contribution in [0.3, 0.4) is 0 Å². The van der Waals surface area contributed by atoms with Crippen LogP contribution in [-0.2, 0) is 18.3 Å². The van der Waals surface area contributed by atoms with E-state index in [1.165, 1.54) is 0 Å². The lowest BCUT2D eigenvalue weighted by molar-refractivity contribution is 0.363. The third-order valence-electron chi connectivity index (χ3n) is 6.16. The summed E-state index contributed by atoms with van der Waals surface area (Å²) in [4.78, 5) is 4.94. The van der Waals surface area contributed by atoms with Crippen molar-refractivity contribution in [3.8, 4) is 11.5 Å². The molecule has 2 heterocycles. The molecule has 1 aliphatic rings. The van der Waals surface area contributed by atoms with Gasteiger partial charge in [0.15, 0.2) is 11.5 Å². The number of nitrogens with zero attached hydrogens (tertiary/aromatic N) is 1. The molecule has 2 unspecified atom stereocenters. The molecule has 0 aliphatic carbocycles. The van der Waals surface area contributed by atoms with Crippen LogP contribution in [0, 0.1) is 6.92 Å². The molecule has 1 aromatic heterocycles. The van der Waals surface area contributed by atoms with E-state index in [1.807, 2.05) is 38.1 Å². The number of pyridine rings is 1. The van der Waals surface area contributed by atoms with Gasteiger partial charge in [0.2, 0.25) is 0 Å². The van der Waals surface area contributed by atoms with Gasteiger partial charge in [-0.15, -0.1) is 0 Å². The van der Waals surface area contributed by atoms with E-state index < -0.39 is 0 Å². The number of hydrogen-bond donors (Lipinski definition) is 3. The zero-order valence-electron chi connectivity index (χ0n) is 18.8. The average Bonchev–Trinajstić information content (AvgIpc) is 2.89. The van der Waals surface area contributed by atoms with Crippen molar-refractivity contribution < 1.29 is 10.2 Å². The van der Waals surface area contributed by atoms with Crippen molar-refractivity contribution in [1.82, 2.24) is 10.3 Å². The van der Waals surface area contributed by atoms with E-state index in [0.717, 1.165) is 52.7 Å². The molecule has 0 bridgehead atoms. The normalized spacial score (nSPS) is 20.8. The fourth-order valence-corrected chi connectivity index (χ4v) is 4.51. The Bertz CT molecular complexity index is 1030. The summed E-state index contributed by atoms with van der Waals surface area (Å²) in [5.74, 6) is -0.0416. The van der Waals surface area contributed by atoms with Crippen LogP contribution in [0.4, 0.5) is 0 Å². The van der Waals surface area contributed by atoms with Gasteiger partial charge in [0, 0.05) is 41.1 Å².